The van der Waals surface area contributed by atoms with Crippen LogP contribution in [0.1, 0.15) is 25.0 Å². The molecule has 10 aromatic carbocycles. The highest BCUT2D eigenvalue weighted by Gasteiger charge is 2.38. The van der Waals surface area contributed by atoms with Gasteiger partial charge in [-0.05, 0) is 97.4 Å². The summed E-state index contributed by atoms with van der Waals surface area (Å²) in [5.74, 6) is 0. The summed E-state index contributed by atoms with van der Waals surface area (Å²) >= 11 is 0. The lowest BCUT2D eigenvalue weighted by atomic mass is 9.79. The second-order valence-electron chi connectivity index (χ2n) is 16.8. The van der Waals surface area contributed by atoms with Crippen LogP contribution in [-0.4, -0.2) is 9.13 Å². The second kappa shape index (κ2) is 11.8. The average Bonchev–Trinajstić information content (AvgIpc) is 3.90. The molecule has 2 heterocycles. The molecule has 2 aromatic heterocycles. The first kappa shape index (κ1) is 32.6. The summed E-state index contributed by atoms with van der Waals surface area (Å²) in [6.07, 6.45) is 0. The van der Waals surface area contributed by atoms with Crippen molar-refractivity contribution in [2.24, 2.45) is 0 Å². The van der Waals surface area contributed by atoms with Crippen LogP contribution in [0.3, 0.4) is 0 Å². The molecule has 2 nitrogen and oxygen atoms in total. The van der Waals surface area contributed by atoms with Gasteiger partial charge >= 0.3 is 0 Å². The highest BCUT2D eigenvalue weighted by Crippen LogP contribution is 2.54. The third-order valence-corrected chi connectivity index (χ3v) is 13.4. The van der Waals surface area contributed by atoms with Gasteiger partial charge in [-0.25, -0.2) is 0 Å². The predicted molar refractivity (Wildman–Crippen MR) is 251 cm³/mol. The number of hydrogen-bond acceptors (Lipinski definition) is 0. The Hall–Kier alpha value is -7.42. The molecule has 0 saturated heterocycles. The van der Waals surface area contributed by atoms with E-state index in [0.29, 0.717) is 0 Å². The maximum absolute atomic E-state index is 2.50. The zero-order valence-corrected chi connectivity index (χ0v) is 32.9. The smallest absolute Gasteiger partial charge is 0.0625 e. The second-order valence-corrected chi connectivity index (χ2v) is 16.8. The molecule has 2 heteroatoms. The monoisotopic (exact) mass is 750 g/mol. The first-order valence-electron chi connectivity index (χ1n) is 20.7. The van der Waals surface area contributed by atoms with Crippen molar-refractivity contribution in [3.8, 4) is 33.6 Å². The Balaban J connectivity index is 1.07. The predicted octanol–water partition coefficient (Wildman–Crippen LogP) is 15.3. The average molecular weight is 751 g/mol. The molecular weight excluding hydrogens is 713 g/mol. The Kier molecular flexibility index (Phi) is 6.54. The Morgan fingerprint density at radius 3 is 1.63 bits per heavy atom. The van der Waals surface area contributed by atoms with Gasteiger partial charge < -0.3 is 9.13 Å². The van der Waals surface area contributed by atoms with Gasteiger partial charge in [0.25, 0.3) is 0 Å². The lowest BCUT2D eigenvalue weighted by molar-refractivity contribution is 0.666. The quantitative estimate of drug-likeness (QED) is 0.159. The fourth-order valence-corrected chi connectivity index (χ4v) is 10.9. The van der Waals surface area contributed by atoms with Crippen molar-refractivity contribution in [2.75, 3.05) is 0 Å². The van der Waals surface area contributed by atoms with E-state index in [1.54, 1.807) is 0 Å². The number of nitrogens with zero attached hydrogens (tertiary/aromatic N) is 2. The van der Waals surface area contributed by atoms with Crippen LogP contribution >= 0.6 is 0 Å². The van der Waals surface area contributed by atoms with E-state index in [9.17, 15) is 0 Å². The van der Waals surface area contributed by atoms with E-state index in [0.717, 1.165) is 0 Å². The molecule has 1 aliphatic rings. The van der Waals surface area contributed by atoms with Gasteiger partial charge in [-0.3, -0.25) is 0 Å². The SMILES string of the molecule is CC1(C)c2ccc(-c3ccc4c5c6ccccc6c6ccccc6c5n(-c5ccccc5)c4c3)cc2-c2ccc3ccc4c5ccccc5n(-c5ccccc5)c4c3c21. The lowest BCUT2D eigenvalue weighted by Crippen LogP contribution is -2.16. The molecule has 0 N–H and O–H groups in total. The fourth-order valence-electron chi connectivity index (χ4n) is 10.9. The summed E-state index contributed by atoms with van der Waals surface area (Å²) in [7, 11) is 0. The van der Waals surface area contributed by atoms with Crippen molar-refractivity contribution < 1.29 is 0 Å². The van der Waals surface area contributed by atoms with E-state index >= 15 is 0 Å². The molecule has 276 valence electrons. The van der Waals surface area contributed by atoms with Gasteiger partial charge in [0, 0.05) is 49.1 Å². The summed E-state index contributed by atoms with van der Waals surface area (Å²) in [6, 6.07) is 72.2. The van der Waals surface area contributed by atoms with Gasteiger partial charge in [0.2, 0.25) is 0 Å². The van der Waals surface area contributed by atoms with E-state index in [1.807, 2.05) is 0 Å². The van der Waals surface area contributed by atoms with Crippen LogP contribution < -0.4 is 0 Å². The highest BCUT2D eigenvalue weighted by atomic mass is 15.0. The van der Waals surface area contributed by atoms with Crippen LogP contribution in [0.15, 0.2) is 194 Å². The number of hydrogen-bond donors (Lipinski definition) is 0. The van der Waals surface area contributed by atoms with Gasteiger partial charge in [-0.1, -0.05) is 166 Å². The minimum absolute atomic E-state index is 0.208. The standard InChI is InChI=1S/C57H38N2/c1-57(2)49-32-28-36(33-48(49)44-29-25-35-26-30-46-42-21-13-14-24-50(42)58(38-15-5-3-6-16-38)55(46)52(35)54(44)57)37-27-31-47-51(34-37)59(39-17-7-4-8-18-39)56-45-23-12-10-20-41(45)40-19-9-11-22-43(40)53(47)56/h3-34H,1-2H3. The van der Waals surface area contributed by atoms with Crippen LogP contribution in [0, 0.1) is 0 Å². The molecule has 0 fully saturated rings. The first-order valence-corrected chi connectivity index (χ1v) is 20.7. The van der Waals surface area contributed by atoms with Crippen LogP contribution in [-0.2, 0) is 5.41 Å². The van der Waals surface area contributed by atoms with E-state index in [-0.39, 0.29) is 5.41 Å². The Labute approximate surface area is 341 Å². The van der Waals surface area contributed by atoms with Crippen LogP contribution in [0.2, 0.25) is 0 Å². The van der Waals surface area contributed by atoms with Crippen molar-refractivity contribution >= 4 is 75.9 Å². The summed E-state index contributed by atoms with van der Waals surface area (Å²) in [5, 5.41) is 12.9. The Bertz CT molecular complexity index is 3730. The van der Waals surface area contributed by atoms with E-state index < -0.39 is 0 Å². The van der Waals surface area contributed by atoms with Crippen LogP contribution in [0.25, 0.3) is 110 Å². The van der Waals surface area contributed by atoms with Gasteiger partial charge in [0.05, 0.1) is 22.1 Å². The minimum atomic E-state index is -0.208. The third-order valence-electron chi connectivity index (χ3n) is 13.4. The fraction of sp³-hybridized carbons (Fsp3) is 0.0526. The minimum Gasteiger partial charge on any atom is -0.309 e. The molecule has 0 bridgehead atoms. The number of fused-ring (bicyclic) bond motifs is 17. The molecular formula is C57H38N2. The highest BCUT2D eigenvalue weighted by molar-refractivity contribution is 6.32. The maximum Gasteiger partial charge on any atom is 0.0625 e. The van der Waals surface area contributed by atoms with Crippen molar-refractivity contribution in [2.45, 2.75) is 19.3 Å². The summed E-state index contributed by atoms with van der Waals surface area (Å²) in [5.41, 5.74) is 15.0. The zero-order chi connectivity index (χ0) is 39.0. The van der Waals surface area contributed by atoms with E-state index in [2.05, 4.69) is 217 Å². The normalized spacial score (nSPS) is 13.4. The molecule has 0 radical (unpaired) electrons. The molecule has 0 atom stereocenters. The molecule has 12 aromatic rings. The molecule has 0 unspecified atom stereocenters. The lowest BCUT2D eigenvalue weighted by Gasteiger charge is -2.24. The maximum atomic E-state index is 2.50. The third kappa shape index (κ3) is 4.35. The number of para-hydroxylation sites is 3. The van der Waals surface area contributed by atoms with Gasteiger partial charge in [0.1, 0.15) is 0 Å². The zero-order valence-electron chi connectivity index (χ0n) is 32.9. The summed E-state index contributed by atoms with van der Waals surface area (Å²) < 4.78 is 4.99. The van der Waals surface area contributed by atoms with Crippen molar-refractivity contribution in [1.82, 2.24) is 9.13 Å². The number of rotatable bonds is 3. The Morgan fingerprint density at radius 1 is 0.356 bits per heavy atom. The van der Waals surface area contributed by atoms with Gasteiger partial charge in [0.15, 0.2) is 0 Å². The summed E-state index contributed by atoms with van der Waals surface area (Å²) in [4.78, 5) is 0. The van der Waals surface area contributed by atoms with Crippen molar-refractivity contribution in [1.29, 1.82) is 0 Å². The Morgan fingerprint density at radius 2 is 0.881 bits per heavy atom. The van der Waals surface area contributed by atoms with Crippen molar-refractivity contribution in [3.05, 3.63) is 205 Å². The van der Waals surface area contributed by atoms with Gasteiger partial charge in [-0.2, -0.15) is 0 Å². The van der Waals surface area contributed by atoms with Crippen molar-refractivity contribution in [3.63, 3.8) is 0 Å². The molecule has 0 spiro atoms. The molecule has 13 rings (SSSR count). The summed E-state index contributed by atoms with van der Waals surface area (Å²) in [6.45, 7) is 4.84. The number of benzene rings is 10. The molecule has 0 amide bonds. The topological polar surface area (TPSA) is 9.86 Å². The molecule has 59 heavy (non-hydrogen) atoms. The van der Waals surface area contributed by atoms with E-state index in [4.69, 9.17) is 0 Å². The van der Waals surface area contributed by atoms with Gasteiger partial charge in [-0.15, -0.1) is 0 Å². The van der Waals surface area contributed by atoms with Crippen LogP contribution in [0.5, 0.6) is 0 Å². The van der Waals surface area contributed by atoms with E-state index in [1.165, 1.54) is 121 Å². The first-order chi connectivity index (χ1) is 29.1. The molecule has 1 aliphatic carbocycles. The molecule has 0 saturated carbocycles. The van der Waals surface area contributed by atoms with Crippen LogP contribution in [0.4, 0.5) is 0 Å². The largest absolute Gasteiger partial charge is 0.309 e. The number of aromatic nitrogens is 2. The molecule has 0 aliphatic heterocycles.